The van der Waals surface area contributed by atoms with E-state index in [-0.39, 0.29) is 22.8 Å². The molecular formula is C11H22N2O. The quantitative estimate of drug-likeness (QED) is 0.702. The lowest BCUT2D eigenvalue weighted by Crippen LogP contribution is -2.50. The van der Waals surface area contributed by atoms with E-state index in [9.17, 15) is 4.79 Å². The van der Waals surface area contributed by atoms with Gasteiger partial charge in [0.1, 0.15) is 0 Å². The number of hydrogen-bond acceptors (Lipinski definition) is 2. The number of amides is 1. The maximum atomic E-state index is 11.7. The molecule has 0 aromatic heterocycles. The summed E-state index contributed by atoms with van der Waals surface area (Å²) in [6.45, 7) is 12.1. The van der Waals surface area contributed by atoms with Crippen molar-refractivity contribution < 1.29 is 4.79 Å². The van der Waals surface area contributed by atoms with Crippen LogP contribution in [0.4, 0.5) is 0 Å². The second-order valence-corrected chi connectivity index (χ2v) is 6.07. The van der Waals surface area contributed by atoms with Crippen LogP contribution >= 0.6 is 0 Å². The molecule has 3 N–H and O–H groups in total. The van der Waals surface area contributed by atoms with Gasteiger partial charge in [-0.2, -0.15) is 0 Å². The fourth-order valence-electron chi connectivity index (χ4n) is 1.87. The van der Waals surface area contributed by atoms with E-state index in [4.69, 9.17) is 5.73 Å². The van der Waals surface area contributed by atoms with Crippen LogP contribution in [0.15, 0.2) is 0 Å². The number of nitrogens with two attached hydrogens (primary N) is 1. The summed E-state index contributed by atoms with van der Waals surface area (Å²) in [4.78, 5) is 11.7. The highest BCUT2D eigenvalue weighted by molar-refractivity contribution is 5.85. The molecule has 0 atom stereocenters. The molecule has 1 rings (SSSR count). The lowest BCUT2D eigenvalue weighted by Gasteiger charge is -2.18. The van der Waals surface area contributed by atoms with Crippen molar-refractivity contribution in [3.05, 3.63) is 0 Å². The molecule has 0 spiro atoms. The van der Waals surface area contributed by atoms with Gasteiger partial charge in [-0.3, -0.25) is 4.79 Å². The Morgan fingerprint density at radius 2 is 1.57 bits per heavy atom. The molecular weight excluding hydrogens is 176 g/mol. The zero-order valence-electron chi connectivity index (χ0n) is 10.1. The minimum atomic E-state index is -0.783. The van der Waals surface area contributed by atoms with Gasteiger partial charge in [0.2, 0.25) is 5.91 Å². The van der Waals surface area contributed by atoms with Crippen molar-refractivity contribution in [2.24, 2.45) is 16.6 Å². The fourth-order valence-corrected chi connectivity index (χ4v) is 1.87. The average Bonchev–Trinajstić information content (AvgIpc) is 2.30. The largest absolute Gasteiger partial charge is 0.351 e. The molecule has 0 aromatic carbocycles. The molecule has 1 aliphatic carbocycles. The number of hydrogen-bond donors (Lipinski definition) is 2. The van der Waals surface area contributed by atoms with Gasteiger partial charge in [-0.1, -0.05) is 27.7 Å². The topological polar surface area (TPSA) is 55.1 Å². The standard InChI is InChI=1S/C11H22N2O/c1-9(2)7(10(9,3)4)13-8(14)11(5,6)12/h7H,12H2,1-6H3,(H,13,14). The molecule has 0 heterocycles. The third-order valence-corrected chi connectivity index (χ3v) is 3.88. The summed E-state index contributed by atoms with van der Waals surface area (Å²) in [5.74, 6) is -0.0684. The Morgan fingerprint density at radius 1 is 1.21 bits per heavy atom. The van der Waals surface area contributed by atoms with Gasteiger partial charge >= 0.3 is 0 Å². The first-order chi connectivity index (χ1) is 6.01. The van der Waals surface area contributed by atoms with Gasteiger partial charge < -0.3 is 11.1 Å². The zero-order chi connectivity index (χ0) is 11.4. The number of rotatable bonds is 2. The normalized spacial score (nSPS) is 24.5. The number of carbonyl (C=O) groups is 1. The Hall–Kier alpha value is -0.570. The minimum absolute atomic E-state index is 0.0684. The van der Waals surface area contributed by atoms with Gasteiger partial charge in [-0.15, -0.1) is 0 Å². The highest BCUT2D eigenvalue weighted by Gasteiger charge is 2.65. The highest BCUT2D eigenvalue weighted by atomic mass is 16.2. The van der Waals surface area contributed by atoms with Gasteiger partial charge in [0.15, 0.2) is 0 Å². The number of carbonyl (C=O) groups excluding carboxylic acids is 1. The maximum absolute atomic E-state index is 11.7. The molecule has 3 heteroatoms. The van der Waals surface area contributed by atoms with Crippen molar-refractivity contribution >= 4 is 5.91 Å². The van der Waals surface area contributed by atoms with E-state index in [1.165, 1.54) is 0 Å². The van der Waals surface area contributed by atoms with E-state index in [1.807, 2.05) is 0 Å². The Morgan fingerprint density at radius 3 is 1.79 bits per heavy atom. The van der Waals surface area contributed by atoms with Crippen LogP contribution < -0.4 is 11.1 Å². The molecule has 0 aliphatic heterocycles. The molecule has 3 nitrogen and oxygen atoms in total. The molecule has 0 radical (unpaired) electrons. The summed E-state index contributed by atoms with van der Waals surface area (Å²) in [5, 5.41) is 3.01. The second kappa shape index (κ2) is 2.72. The van der Waals surface area contributed by atoms with Crippen LogP contribution in [-0.4, -0.2) is 17.5 Å². The maximum Gasteiger partial charge on any atom is 0.239 e. The van der Waals surface area contributed by atoms with Crippen molar-refractivity contribution in [2.45, 2.75) is 53.1 Å². The first-order valence-corrected chi connectivity index (χ1v) is 5.11. The summed E-state index contributed by atoms with van der Waals surface area (Å²) >= 11 is 0. The van der Waals surface area contributed by atoms with E-state index < -0.39 is 5.54 Å². The van der Waals surface area contributed by atoms with Gasteiger partial charge in [-0.25, -0.2) is 0 Å². The lowest BCUT2D eigenvalue weighted by molar-refractivity contribution is -0.125. The van der Waals surface area contributed by atoms with Crippen LogP contribution in [-0.2, 0) is 4.79 Å². The lowest BCUT2D eigenvalue weighted by atomic mass is 10.0. The van der Waals surface area contributed by atoms with Gasteiger partial charge in [0, 0.05) is 6.04 Å². The molecule has 14 heavy (non-hydrogen) atoms. The smallest absolute Gasteiger partial charge is 0.239 e. The van der Waals surface area contributed by atoms with Gasteiger partial charge in [0.05, 0.1) is 5.54 Å². The van der Waals surface area contributed by atoms with Gasteiger partial charge in [-0.05, 0) is 24.7 Å². The first-order valence-electron chi connectivity index (χ1n) is 5.11. The molecule has 82 valence electrons. The van der Waals surface area contributed by atoms with Crippen LogP contribution in [0.2, 0.25) is 0 Å². The predicted octanol–water partition coefficient (Wildman–Crippen LogP) is 1.27. The molecule has 0 unspecified atom stereocenters. The predicted molar refractivity (Wildman–Crippen MR) is 57.8 cm³/mol. The molecule has 0 saturated heterocycles. The monoisotopic (exact) mass is 198 g/mol. The first kappa shape index (κ1) is 11.5. The summed E-state index contributed by atoms with van der Waals surface area (Å²) < 4.78 is 0. The van der Waals surface area contributed by atoms with Crippen LogP contribution in [0.5, 0.6) is 0 Å². The van der Waals surface area contributed by atoms with Crippen molar-refractivity contribution in [2.75, 3.05) is 0 Å². The minimum Gasteiger partial charge on any atom is -0.351 e. The molecule has 1 aliphatic rings. The molecule has 1 amide bonds. The Labute approximate surface area is 86.4 Å². The van der Waals surface area contributed by atoms with E-state index >= 15 is 0 Å². The number of nitrogens with one attached hydrogen (secondary N) is 1. The molecule has 0 bridgehead atoms. The van der Waals surface area contributed by atoms with Crippen molar-refractivity contribution in [3.8, 4) is 0 Å². The summed E-state index contributed by atoms with van der Waals surface area (Å²) in [6, 6.07) is 0.241. The van der Waals surface area contributed by atoms with Crippen LogP contribution in [0.3, 0.4) is 0 Å². The molecule has 0 aromatic rings. The summed E-state index contributed by atoms with van der Waals surface area (Å²) in [6.07, 6.45) is 0. The fraction of sp³-hybridized carbons (Fsp3) is 0.909. The third-order valence-electron chi connectivity index (χ3n) is 3.88. The zero-order valence-corrected chi connectivity index (χ0v) is 10.1. The van der Waals surface area contributed by atoms with Gasteiger partial charge in [0.25, 0.3) is 0 Å². The Kier molecular flexibility index (Phi) is 2.24. The van der Waals surface area contributed by atoms with Crippen molar-refractivity contribution in [1.82, 2.24) is 5.32 Å². The Bertz CT molecular complexity index is 247. The molecule has 1 saturated carbocycles. The van der Waals surface area contributed by atoms with E-state index in [0.717, 1.165) is 0 Å². The van der Waals surface area contributed by atoms with Crippen LogP contribution in [0.25, 0.3) is 0 Å². The third kappa shape index (κ3) is 1.54. The van der Waals surface area contributed by atoms with Crippen molar-refractivity contribution in [1.29, 1.82) is 0 Å². The van der Waals surface area contributed by atoms with Crippen LogP contribution in [0, 0.1) is 10.8 Å². The van der Waals surface area contributed by atoms with E-state index in [2.05, 4.69) is 33.0 Å². The van der Waals surface area contributed by atoms with E-state index in [1.54, 1.807) is 13.8 Å². The second-order valence-electron chi connectivity index (χ2n) is 6.07. The highest BCUT2D eigenvalue weighted by Crippen LogP contribution is 2.62. The van der Waals surface area contributed by atoms with Crippen LogP contribution in [0.1, 0.15) is 41.5 Å². The van der Waals surface area contributed by atoms with Crippen molar-refractivity contribution in [3.63, 3.8) is 0 Å². The molecule has 1 fully saturated rings. The SMILES string of the molecule is CC(C)(N)C(=O)NC1C(C)(C)C1(C)C. The summed E-state index contributed by atoms with van der Waals surface area (Å²) in [5.41, 5.74) is 5.29. The average molecular weight is 198 g/mol. The summed E-state index contributed by atoms with van der Waals surface area (Å²) in [7, 11) is 0. The Balaban J connectivity index is 2.63. The van der Waals surface area contributed by atoms with E-state index in [0.29, 0.717) is 0 Å².